The van der Waals surface area contributed by atoms with Crippen molar-refractivity contribution < 1.29 is 4.74 Å². The molecule has 84 valence electrons. The predicted octanol–water partition coefficient (Wildman–Crippen LogP) is 3.03. The Hall–Kier alpha value is 0.100. The van der Waals surface area contributed by atoms with E-state index in [9.17, 15) is 0 Å². The predicted molar refractivity (Wildman–Crippen MR) is 67.2 cm³/mol. The molecule has 1 aromatic rings. The van der Waals surface area contributed by atoms with Gasteiger partial charge in [-0.2, -0.15) is 0 Å². The van der Waals surface area contributed by atoms with Gasteiger partial charge in [0.1, 0.15) is 0 Å². The summed E-state index contributed by atoms with van der Waals surface area (Å²) in [5.74, 6) is 0.840. The van der Waals surface area contributed by atoms with E-state index in [1.165, 1.54) is 22.2 Å². The summed E-state index contributed by atoms with van der Waals surface area (Å²) < 4.78 is 6.43. The topological polar surface area (TPSA) is 21.3 Å². The highest BCUT2D eigenvalue weighted by Crippen LogP contribution is 2.33. The van der Waals surface area contributed by atoms with Gasteiger partial charge in [-0.1, -0.05) is 0 Å². The van der Waals surface area contributed by atoms with Crippen LogP contribution in [0, 0.1) is 5.92 Å². The van der Waals surface area contributed by atoms with Crippen LogP contribution in [0.3, 0.4) is 0 Å². The van der Waals surface area contributed by atoms with E-state index < -0.39 is 0 Å². The summed E-state index contributed by atoms with van der Waals surface area (Å²) in [4.78, 5) is 0. The van der Waals surface area contributed by atoms with Crippen molar-refractivity contribution in [3.63, 3.8) is 0 Å². The molecule has 1 fully saturated rings. The summed E-state index contributed by atoms with van der Waals surface area (Å²) in [6, 6.07) is 2.71. The first-order chi connectivity index (χ1) is 7.29. The normalized spacial score (nSPS) is 18.0. The van der Waals surface area contributed by atoms with Crippen LogP contribution >= 0.6 is 27.3 Å². The fourth-order valence-corrected chi connectivity index (χ4v) is 2.94. The molecule has 1 N–H and O–H groups in total. The molecule has 1 aliphatic carbocycles. The standard InChI is InChI=1S/C11H16BrNOS/c1-14-6-10(9-2-3-9)13-5-8-4-11(12)15-7-8/h4,7,9-10,13H,2-3,5-6H2,1H3. The van der Waals surface area contributed by atoms with Crippen LogP contribution in [0.15, 0.2) is 15.2 Å². The highest BCUT2D eigenvalue weighted by atomic mass is 79.9. The van der Waals surface area contributed by atoms with E-state index in [2.05, 4.69) is 32.7 Å². The molecule has 0 bridgehead atoms. The van der Waals surface area contributed by atoms with Crippen LogP contribution < -0.4 is 5.32 Å². The Morgan fingerprint density at radius 3 is 3.00 bits per heavy atom. The molecule has 1 saturated carbocycles. The maximum Gasteiger partial charge on any atom is 0.0701 e. The molecule has 0 aromatic carbocycles. The van der Waals surface area contributed by atoms with Gasteiger partial charge in [0.2, 0.25) is 0 Å². The third-order valence-electron chi connectivity index (χ3n) is 2.73. The summed E-state index contributed by atoms with van der Waals surface area (Å²) in [6.07, 6.45) is 2.71. The highest BCUT2D eigenvalue weighted by molar-refractivity contribution is 9.11. The minimum absolute atomic E-state index is 0.536. The molecular weight excluding hydrogens is 274 g/mol. The second-order valence-electron chi connectivity index (χ2n) is 4.04. The Morgan fingerprint density at radius 2 is 2.47 bits per heavy atom. The molecular formula is C11H16BrNOS. The summed E-state index contributed by atoms with van der Waals surface area (Å²) in [7, 11) is 1.78. The molecule has 0 saturated heterocycles. The van der Waals surface area contributed by atoms with Crippen LogP contribution in [0.2, 0.25) is 0 Å². The van der Waals surface area contributed by atoms with E-state index in [4.69, 9.17) is 4.74 Å². The fourth-order valence-electron chi connectivity index (χ4n) is 1.73. The van der Waals surface area contributed by atoms with Gasteiger partial charge in [-0.25, -0.2) is 0 Å². The molecule has 0 amide bonds. The smallest absolute Gasteiger partial charge is 0.0701 e. The van der Waals surface area contributed by atoms with E-state index in [-0.39, 0.29) is 0 Å². The Labute approximate surface area is 103 Å². The summed E-state index contributed by atoms with van der Waals surface area (Å²) in [5.41, 5.74) is 1.36. The lowest BCUT2D eigenvalue weighted by molar-refractivity contribution is 0.157. The van der Waals surface area contributed by atoms with Crippen LogP contribution in [0.25, 0.3) is 0 Å². The molecule has 1 aliphatic rings. The number of halogens is 1. The molecule has 2 rings (SSSR count). The zero-order chi connectivity index (χ0) is 10.7. The maximum atomic E-state index is 5.23. The van der Waals surface area contributed by atoms with Gasteiger partial charge < -0.3 is 10.1 Å². The van der Waals surface area contributed by atoms with Crippen molar-refractivity contribution in [1.82, 2.24) is 5.32 Å². The van der Waals surface area contributed by atoms with Gasteiger partial charge in [-0.05, 0) is 51.7 Å². The van der Waals surface area contributed by atoms with Crippen LogP contribution in [0.5, 0.6) is 0 Å². The lowest BCUT2D eigenvalue weighted by Gasteiger charge is -2.16. The molecule has 0 aliphatic heterocycles. The van der Waals surface area contributed by atoms with Crippen LogP contribution in [-0.2, 0) is 11.3 Å². The lowest BCUT2D eigenvalue weighted by Crippen LogP contribution is -2.34. The Kier molecular flexibility index (Phi) is 4.20. The molecule has 1 aromatic heterocycles. The van der Waals surface area contributed by atoms with E-state index in [1.807, 2.05) is 0 Å². The van der Waals surface area contributed by atoms with Crippen molar-refractivity contribution in [2.45, 2.75) is 25.4 Å². The van der Waals surface area contributed by atoms with Gasteiger partial charge in [-0.3, -0.25) is 0 Å². The molecule has 2 nitrogen and oxygen atoms in total. The SMILES string of the molecule is COCC(NCc1csc(Br)c1)C1CC1. The quantitative estimate of drug-likeness (QED) is 0.869. The molecule has 1 unspecified atom stereocenters. The van der Waals surface area contributed by atoms with Crippen LogP contribution in [0.1, 0.15) is 18.4 Å². The Morgan fingerprint density at radius 1 is 1.67 bits per heavy atom. The minimum Gasteiger partial charge on any atom is -0.383 e. The van der Waals surface area contributed by atoms with Crippen molar-refractivity contribution in [2.75, 3.05) is 13.7 Å². The number of thiophene rings is 1. The molecule has 1 atom stereocenters. The third-order valence-corrected chi connectivity index (χ3v) is 4.28. The summed E-state index contributed by atoms with van der Waals surface area (Å²) >= 11 is 5.22. The van der Waals surface area contributed by atoms with Gasteiger partial charge in [0.15, 0.2) is 0 Å². The van der Waals surface area contributed by atoms with Crippen molar-refractivity contribution in [2.24, 2.45) is 5.92 Å². The zero-order valence-corrected chi connectivity index (χ0v) is 11.2. The fraction of sp³-hybridized carbons (Fsp3) is 0.636. The van der Waals surface area contributed by atoms with Gasteiger partial charge in [0.25, 0.3) is 0 Å². The molecule has 1 heterocycles. The first-order valence-electron chi connectivity index (χ1n) is 5.25. The maximum absolute atomic E-state index is 5.23. The Balaban J connectivity index is 1.79. The number of methoxy groups -OCH3 is 1. The first kappa shape index (κ1) is 11.6. The van der Waals surface area contributed by atoms with E-state index in [1.54, 1.807) is 18.4 Å². The lowest BCUT2D eigenvalue weighted by atomic mass is 10.2. The average molecular weight is 290 g/mol. The summed E-state index contributed by atoms with van der Waals surface area (Å²) in [6.45, 7) is 1.78. The number of hydrogen-bond acceptors (Lipinski definition) is 3. The number of hydrogen-bond donors (Lipinski definition) is 1. The second-order valence-corrected chi connectivity index (χ2v) is 6.33. The number of ether oxygens (including phenoxy) is 1. The van der Waals surface area contributed by atoms with Gasteiger partial charge in [0.05, 0.1) is 10.4 Å². The van der Waals surface area contributed by atoms with Crippen molar-refractivity contribution in [3.05, 3.63) is 20.8 Å². The van der Waals surface area contributed by atoms with Gasteiger partial charge in [-0.15, -0.1) is 11.3 Å². The van der Waals surface area contributed by atoms with Gasteiger partial charge >= 0.3 is 0 Å². The molecule has 15 heavy (non-hydrogen) atoms. The molecule has 4 heteroatoms. The van der Waals surface area contributed by atoms with Crippen molar-refractivity contribution in [3.8, 4) is 0 Å². The molecule has 0 radical (unpaired) electrons. The average Bonchev–Trinajstić information content (AvgIpc) is 2.97. The largest absolute Gasteiger partial charge is 0.383 e. The first-order valence-corrected chi connectivity index (χ1v) is 6.92. The third kappa shape index (κ3) is 3.55. The summed E-state index contributed by atoms with van der Waals surface area (Å²) in [5, 5.41) is 5.76. The monoisotopic (exact) mass is 289 g/mol. The van der Waals surface area contributed by atoms with Crippen molar-refractivity contribution in [1.29, 1.82) is 0 Å². The Bertz CT molecular complexity index is 311. The van der Waals surface area contributed by atoms with E-state index in [0.717, 1.165) is 19.1 Å². The van der Waals surface area contributed by atoms with Gasteiger partial charge in [0, 0.05) is 19.7 Å². The van der Waals surface area contributed by atoms with E-state index >= 15 is 0 Å². The minimum atomic E-state index is 0.536. The van der Waals surface area contributed by atoms with E-state index in [0.29, 0.717) is 6.04 Å². The zero-order valence-electron chi connectivity index (χ0n) is 8.83. The highest BCUT2D eigenvalue weighted by Gasteiger charge is 2.30. The van der Waals surface area contributed by atoms with Crippen LogP contribution in [-0.4, -0.2) is 19.8 Å². The van der Waals surface area contributed by atoms with Crippen LogP contribution in [0.4, 0.5) is 0 Å². The van der Waals surface area contributed by atoms with Crippen molar-refractivity contribution >= 4 is 27.3 Å². The number of nitrogens with one attached hydrogen (secondary N) is 1. The number of rotatable bonds is 6. The second kappa shape index (κ2) is 5.43. The molecule has 0 spiro atoms.